The van der Waals surface area contributed by atoms with Gasteiger partial charge in [0, 0.05) is 31.0 Å². The molecule has 1 aliphatic rings. The van der Waals surface area contributed by atoms with Gasteiger partial charge in [-0.05, 0) is 57.3 Å². The fourth-order valence-electron chi connectivity index (χ4n) is 3.05. The van der Waals surface area contributed by atoms with Gasteiger partial charge in [-0.15, -0.1) is 0 Å². The summed E-state index contributed by atoms with van der Waals surface area (Å²) in [7, 11) is 0. The summed E-state index contributed by atoms with van der Waals surface area (Å²) in [5, 5.41) is 3.74. The van der Waals surface area contributed by atoms with Crippen molar-refractivity contribution in [1.82, 2.24) is 15.2 Å². The highest BCUT2D eigenvalue weighted by Gasteiger charge is 2.24. The van der Waals surface area contributed by atoms with Crippen molar-refractivity contribution < 1.29 is 0 Å². The number of likely N-dealkylation sites (tertiary alicyclic amines) is 1. The number of nitrogens with one attached hydrogen (secondary N) is 1. The Bertz CT molecular complexity index is 366. The second kappa shape index (κ2) is 7.01. The molecule has 0 spiro atoms. The Kier molecular flexibility index (Phi) is 5.34. The lowest BCUT2D eigenvalue weighted by Gasteiger charge is -2.36. The number of piperidine rings is 1. The molecule has 19 heavy (non-hydrogen) atoms. The van der Waals surface area contributed by atoms with E-state index in [4.69, 9.17) is 0 Å². The third kappa shape index (κ3) is 4.02. The van der Waals surface area contributed by atoms with Gasteiger partial charge < -0.3 is 10.2 Å². The van der Waals surface area contributed by atoms with Crippen LogP contribution in [0.3, 0.4) is 0 Å². The van der Waals surface area contributed by atoms with Crippen molar-refractivity contribution in [3.63, 3.8) is 0 Å². The van der Waals surface area contributed by atoms with Crippen molar-refractivity contribution in [2.75, 3.05) is 19.6 Å². The van der Waals surface area contributed by atoms with Crippen LogP contribution < -0.4 is 5.32 Å². The summed E-state index contributed by atoms with van der Waals surface area (Å²) in [6, 6.07) is 5.10. The van der Waals surface area contributed by atoms with Crippen molar-refractivity contribution in [2.45, 2.75) is 45.7 Å². The highest BCUT2D eigenvalue weighted by molar-refractivity contribution is 5.13. The van der Waals surface area contributed by atoms with Crippen molar-refractivity contribution in [1.29, 1.82) is 0 Å². The minimum absolute atomic E-state index is 0.376. The molecular weight excluding hydrogens is 234 g/mol. The van der Waals surface area contributed by atoms with Crippen molar-refractivity contribution in [3.05, 3.63) is 30.1 Å². The molecule has 1 saturated heterocycles. The van der Waals surface area contributed by atoms with Gasteiger partial charge in [-0.25, -0.2) is 0 Å². The molecule has 0 aliphatic carbocycles. The third-order valence-corrected chi connectivity index (χ3v) is 4.39. The van der Waals surface area contributed by atoms with Crippen LogP contribution in [0.5, 0.6) is 0 Å². The van der Waals surface area contributed by atoms with Gasteiger partial charge in [-0.3, -0.25) is 4.98 Å². The Morgan fingerprint density at radius 3 is 3.00 bits per heavy atom. The number of hydrogen-bond donors (Lipinski definition) is 1. The second-order valence-corrected chi connectivity index (χ2v) is 5.76. The van der Waals surface area contributed by atoms with Gasteiger partial charge >= 0.3 is 0 Å². The van der Waals surface area contributed by atoms with Gasteiger partial charge in [-0.1, -0.05) is 13.0 Å². The molecule has 2 rings (SSSR count). The van der Waals surface area contributed by atoms with Gasteiger partial charge in [0.25, 0.3) is 0 Å². The SMILES string of the molecule is CCN1CCCC(C(C)NC(C)c2cccnc2)C1. The van der Waals surface area contributed by atoms with E-state index in [0.29, 0.717) is 12.1 Å². The first kappa shape index (κ1) is 14.5. The topological polar surface area (TPSA) is 28.2 Å². The molecule has 3 atom stereocenters. The Balaban J connectivity index is 1.88. The van der Waals surface area contributed by atoms with E-state index in [-0.39, 0.29) is 0 Å². The molecule has 0 amide bonds. The quantitative estimate of drug-likeness (QED) is 0.883. The molecule has 1 fully saturated rings. The summed E-state index contributed by atoms with van der Waals surface area (Å²) >= 11 is 0. The molecular formula is C16H27N3. The van der Waals surface area contributed by atoms with Crippen LogP contribution in [-0.4, -0.2) is 35.6 Å². The summed E-state index contributed by atoms with van der Waals surface area (Å²) in [6.45, 7) is 10.5. The Morgan fingerprint density at radius 1 is 1.47 bits per heavy atom. The first-order valence-corrected chi connectivity index (χ1v) is 7.59. The molecule has 2 heterocycles. The maximum absolute atomic E-state index is 4.20. The monoisotopic (exact) mass is 261 g/mol. The summed E-state index contributed by atoms with van der Waals surface area (Å²) in [5.74, 6) is 0.771. The van der Waals surface area contributed by atoms with Crippen LogP contribution in [0.25, 0.3) is 0 Å². The summed E-state index contributed by atoms with van der Waals surface area (Å²) < 4.78 is 0. The fourth-order valence-corrected chi connectivity index (χ4v) is 3.05. The van der Waals surface area contributed by atoms with Gasteiger partial charge in [-0.2, -0.15) is 0 Å². The average Bonchev–Trinajstić information content (AvgIpc) is 2.48. The Labute approximate surface area is 117 Å². The molecule has 0 bridgehead atoms. The van der Waals surface area contributed by atoms with E-state index >= 15 is 0 Å². The van der Waals surface area contributed by atoms with E-state index in [0.717, 1.165) is 5.92 Å². The van der Waals surface area contributed by atoms with E-state index in [2.05, 4.69) is 42.0 Å². The number of pyridine rings is 1. The lowest BCUT2D eigenvalue weighted by molar-refractivity contribution is 0.153. The maximum Gasteiger partial charge on any atom is 0.0315 e. The van der Waals surface area contributed by atoms with E-state index in [9.17, 15) is 0 Å². The normalized spacial score (nSPS) is 24.1. The second-order valence-electron chi connectivity index (χ2n) is 5.76. The van der Waals surface area contributed by atoms with E-state index in [1.54, 1.807) is 0 Å². The lowest BCUT2D eigenvalue weighted by atomic mass is 9.91. The molecule has 106 valence electrons. The molecule has 0 radical (unpaired) electrons. The number of aromatic nitrogens is 1. The van der Waals surface area contributed by atoms with E-state index in [1.165, 1.54) is 38.0 Å². The predicted octanol–water partition coefficient (Wildman–Crippen LogP) is 2.85. The Morgan fingerprint density at radius 2 is 2.32 bits per heavy atom. The third-order valence-electron chi connectivity index (χ3n) is 4.39. The number of nitrogens with zero attached hydrogens (tertiary/aromatic N) is 2. The molecule has 3 unspecified atom stereocenters. The van der Waals surface area contributed by atoms with Crippen molar-refractivity contribution >= 4 is 0 Å². The molecule has 0 saturated carbocycles. The summed E-state index contributed by atoms with van der Waals surface area (Å²) in [4.78, 5) is 6.77. The predicted molar refractivity (Wildman–Crippen MR) is 80.1 cm³/mol. The standard InChI is InChI=1S/C16H27N3/c1-4-19-10-6-8-16(12-19)14(3)18-13(2)15-7-5-9-17-11-15/h5,7,9,11,13-14,16,18H,4,6,8,10,12H2,1-3H3. The lowest BCUT2D eigenvalue weighted by Crippen LogP contribution is -2.44. The molecule has 1 aromatic heterocycles. The van der Waals surface area contributed by atoms with Crippen LogP contribution in [0.15, 0.2) is 24.5 Å². The minimum Gasteiger partial charge on any atom is -0.307 e. The number of hydrogen-bond acceptors (Lipinski definition) is 3. The highest BCUT2D eigenvalue weighted by Crippen LogP contribution is 2.21. The van der Waals surface area contributed by atoms with Crippen molar-refractivity contribution in [2.24, 2.45) is 5.92 Å². The molecule has 0 aromatic carbocycles. The molecule has 1 aliphatic heterocycles. The average molecular weight is 261 g/mol. The van der Waals surface area contributed by atoms with Gasteiger partial charge in [0.1, 0.15) is 0 Å². The van der Waals surface area contributed by atoms with E-state index in [1.807, 2.05) is 18.5 Å². The van der Waals surface area contributed by atoms with Crippen LogP contribution in [0, 0.1) is 5.92 Å². The zero-order valence-electron chi connectivity index (χ0n) is 12.5. The van der Waals surface area contributed by atoms with Crippen molar-refractivity contribution in [3.8, 4) is 0 Å². The molecule has 1 aromatic rings. The van der Waals surface area contributed by atoms with Crippen LogP contribution in [0.4, 0.5) is 0 Å². The molecule has 3 nitrogen and oxygen atoms in total. The van der Waals surface area contributed by atoms with E-state index < -0.39 is 0 Å². The number of rotatable bonds is 5. The zero-order valence-corrected chi connectivity index (χ0v) is 12.5. The smallest absolute Gasteiger partial charge is 0.0315 e. The maximum atomic E-state index is 4.20. The zero-order chi connectivity index (χ0) is 13.7. The molecule has 1 N–H and O–H groups in total. The summed E-state index contributed by atoms with van der Waals surface area (Å²) in [6.07, 6.45) is 6.49. The van der Waals surface area contributed by atoms with Gasteiger partial charge in [0.05, 0.1) is 0 Å². The Hall–Kier alpha value is -0.930. The minimum atomic E-state index is 0.376. The first-order chi connectivity index (χ1) is 9.20. The van der Waals surface area contributed by atoms with Crippen LogP contribution in [-0.2, 0) is 0 Å². The fraction of sp³-hybridized carbons (Fsp3) is 0.688. The first-order valence-electron chi connectivity index (χ1n) is 7.59. The van der Waals surface area contributed by atoms with Crippen LogP contribution in [0.1, 0.15) is 45.2 Å². The summed E-state index contributed by atoms with van der Waals surface area (Å²) in [5.41, 5.74) is 1.28. The largest absolute Gasteiger partial charge is 0.307 e. The van der Waals surface area contributed by atoms with Crippen LogP contribution in [0.2, 0.25) is 0 Å². The van der Waals surface area contributed by atoms with Gasteiger partial charge in [0.15, 0.2) is 0 Å². The molecule has 3 heteroatoms. The van der Waals surface area contributed by atoms with Gasteiger partial charge in [0.2, 0.25) is 0 Å². The highest BCUT2D eigenvalue weighted by atomic mass is 15.1. The van der Waals surface area contributed by atoms with Crippen LogP contribution >= 0.6 is 0 Å².